The molecule has 90 valence electrons. The van der Waals surface area contributed by atoms with Gasteiger partial charge in [0.1, 0.15) is 0 Å². The maximum Gasteiger partial charge on any atom is 0.187 e. The number of nitrogens with zero attached hydrogens (tertiary/aromatic N) is 2. The van der Waals surface area contributed by atoms with Crippen molar-refractivity contribution in [1.29, 1.82) is 0 Å². The summed E-state index contributed by atoms with van der Waals surface area (Å²) in [4.78, 5) is 9.61. The van der Waals surface area contributed by atoms with E-state index < -0.39 is 0 Å². The normalized spacial score (nSPS) is 9.67. The molecule has 0 aliphatic carbocycles. The second-order valence-corrected chi connectivity index (χ2v) is 5.09. The highest BCUT2D eigenvalue weighted by molar-refractivity contribution is 7.98. The third kappa shape index (κ3) is 3.52. The zero-order chi connectivity index (χ0) is 12.8. The lowest BCUT2D eigenvalue weighted by molar-refractivity contribution is 0.965. The molecule has 0 atom stereocenters. The minimum Gasteiger partial charge on any atom is -0.230 e. The summed E-state index contributed by atoms with van der Waals surface area (Å²) in [6.07, 6.45) is 7.52. The zero-order valence-electron chi connectivity index (χ0n) is 10.2. The van der Waals surface area contributed by atoms with Crippen molar-refractivity contribution in [2.75, 3.05) is 12.5 Å². The first-order valence-electron chi connectivity index (χ1n) is 5.34. The zero-order valence-corrected chi connectivity index (χ0v) is 11.8. The minimum absolute atomic E-state index is 0.768. The number of hydrogen-bond acceptors (Lipinski definition) is 4. The summed E-state index contributed by atoms with van der Waals surface area (Å²) in [6, 6.07) is 8.19. The lowest BCUT2D eigenvalue weighted by Gasteiger charge is -1.95. The first kappa shape index (κ1) is 13.0. The van der Waals surface area contributed by atoms with Crippen molar-refractivity contribution in [3.63, 3.8) is 0 Å². The van der Waals surface area contributed by atoms with Crippen LogP contribution in [0, 0.1) is 11.8 Å². The average Bonchev–Trinajstić information content (AvgIpc) is 2.46. The molecule has 0 aliphatic heterocycles. The highest BCUT2D eigenvalue weighted by Crippen LogP contribution is 2.14. The maximum atomic E-state index is 4.18. The van der Waals surface area contributed by atoms with Gasteiger partial charge in [-0.2, -0.15) is 0 Å². The van der Waals surface area contributed by atoms with Crippen LogP contribution in [0.3, 0.4) is 0 Å². The number of hydrogen-bond donors (Lipinski definition) is 0. The predicted molar refractivity (Wildman–Crippen MR) is 78.0 cm³/mol. The SMILES string of the molecule is CSc1ccc(C#Cc2cnc(SC)nc2)cc1. The van der Waals surface area contributed by atoms with Crippen LogP contribution in [0.5, 0.6) is 0 Å². The van der Waals surface area contributed by atoms with Crippen molar-refractivity contribution < 1.29 is 0 Å². The highest BCUT2D eigenvalue weighted by atomic mass is 32.2. The van der Waals surface area contributed by atoms with Crippen molar-refractivity contribution in [3.8, 4) is 11.8 Å². The maximum absolute atomic E-state index is 4.18. The van der Waals surface area contributed by atoms with Gasteiger partial charge in [0.05, 0.1) is 5.56 Å². The highest BCUT2D eigenvalue weighted by Gasteiger charge is 1.93. The summed E-state index contributed by atoms with van der Waals surface area (Å²) in [7, 11) is 0. The van der Waals surface area contributed by atoms with Gasteiger partial charge in [0.25, 0.3) is 0 Å². The fourth-order valence-corrected chi connectivity index (χ4v) is 2.03. The molecule has 2 aromatic rings. The lowest BCUT2D eigenvalue weighted by atomic mass is 10.2. The number of rotatable bonds is 2. The topological polar surface area (TPSA) is 25.8 Å². The Morgan fingerprint density at radius 3 is 2.00 bits per heavy atom. The standard InChI is InChI=1S/C14H12N2S2/c1-17-13-7-5-11(6-8-13)3-4-12-9-15-14(18-2)16-10-12/h5-10H,1-2H3. The molecule has 4 heteroatoms. The Kier molecular flexibility index (Phi) is 4.68. The van der Waals surface area contributed by atoms with E-state index in [1.165, 1.54) is 16.7 Å². The van der Waals surface area contributed by atoms with Gasteiger partial charge in [-0.15, -0.1) is 11.8 Å². The molecule has 0 unspecified atom stereocenters. The van der Waals surface area contributed by atoms with E-state index in [9.17, 15) is 0 Å². The van der Waals surface area contributed by atoms with Crippen molar-refractivity contribution in [2.45, 2.75) is 10.1 Å². The van der Waals surface area contributed by atoms with E-state index in [0.29, 0.717) is 0 Å². The molecule has 0 fully saturated rings. The minimum atomic E-state index is 0.768. The van der Waals surface area contributed by atoms with Crippen LogP contribution < -0.4 is 0 Å². The van der Waals surface area contributed by atoms with E-state index in [-0.39, 0.29) is 0 Å². The van der Waals surface area contributed by atoms with E-state index in [4.69, 9.17) is 0 Å². The van der Waals surface area contributed by atoms with Gasteiger partial charge in [0.2, 0.25) is 0 Å². The van der Waals surface area contributed by atoms with Gasteiger partial charge < -0.3 is 0 Å². The Balaban J connectivity index is 2.14. The van der Waals surface area contributed by atoms with Crippen LogP contribution >= 0.6 is 23.5 Å². The number of thioether (sulfide) groups is 2. The fraction of sp³-hybridized carbons (Fsp3) is 0.143. The molecular formula is C14H12N2S2. The molecule has 0 saturated heterocycles. The van der Waals surface area contributed by atoms with Gasteiger partial charge >= 0.3 is 0 Å². The second-order valence-electron chi connectivity index (χ2n) is 3.44. The summed E-state index contributed by atoms with van der Waals surface area (Å²) in [5.41, 5.74) is 1.84. The second kappa shape index (κ2) is 6.48. The summed E-state index contributed by atoms with van der Waals surface area (Å²) in [5.74, 6) is 6.16. The molecule has 0 radical (unpaired) electrons. The Bertz CT molecular complexity index is 514. The van der Waals surface area contributed by atoms with E-state index in [0.717, 1.165) is 16.3 Å². The molecule has 0 amide bonds. The third-order valence-electron chi connectivity index (χ3n) is 2.25. The molecule has 0 aliphatic rings. The quantitative estimate of drug-likeness (QED) is 0.476. The van der Waals surface area contributed by atoms with Gasteiger partial charge in [-0.3, -0.25) is 0 Å². The molecule has 18 heavy (non-hydrogen) atoms. The fourth-order valence-electron chi connectivity index (χ4n) is 1.30. The van der Waals surface area contributed by atoms with Gasteiger partial charge in [0.15, 0.2) is 5.16 Å². The molecule has 0 spiro atoms. The van der Waals surface area contributed by atoms with Crippen LogP contribution in [0.1, 0.15) is 11.1 Å². The molecular weight excluding hydrogens is 260 g/mol. The molecule has 0 saturated carbocycles. The van der Waals surface area contributed by atoms with Crippen LogP contribution in [-0.2, 0) is 0 Å². The van der Waals surface area contributed by atoms with E-state index in [2.05, 4.69) is 40.2 Å². The van der Waals surface area contributed by atoms with Gasteiger partial charge in [-0.1, -0.05) is 23.6 Å². The summed E-state index contributed by atoms with van der Waals surface area (Å²) in [6.45, 7) is 0. The van der Waals surface area contributed by atoms with Crippen molar-refractivity contribution >= 4 is 23.5 Å². The molecule has 1 heterocycles. The van der Waals surface area contributed by atoms with Crippen LogP contribution in [0.4, 0.5) is 0 Å². The smallest absolute Gasteiger partial charge is 0.187 e. The molecule has 1 aromatic heterocycles. The lowest BCUT2D eigenvalue weighted by Crippen LogP contribution is -1.86. The predicted octanol–water partition coefficient (Wildman–Crippen LogP) is 3.32. The third-order valence-corrected chi connectivity index (χ3v) is 3.57. The molecule has 0 N–H and O–H groups in total. The van der Waals surface area contributed by atoms with Crippen LogP contribution in [0.2, 0.25) is 0 Å². The van der Waals surface area contributed by atoms with Gasteiger partial charge in [-0.25, -0.2) is 9.97 Å². The molecule has 1 aromatic carbocycles. The van der Waals surface area contributed by atoms with Gasteiger partial charge in [-0.05, 0) is 36.8 Å². The van der Waals surface area contributed by atoms with Crippen molar-refractivity contribution in [3.05, 3.63) is 47.8 Å². The summed E-state index contributed by atoms with van der Waals surface area (Å²) in [5, 5.41) is 0.768. The van der Waals surface area contributed by atoms with Crippen LogP contribution in [0.15, 0.2) is 46.7 Å². The van der Waals surface area contributed by atoms with Crippen molar-refractivity contribution in [2.24, 2.45) is 0 Å². The summed E-state index contributed by atoms with van der Waals surface area (Å²) < 4.78 is 0. The molecule has 2 rings (SSSR count). The van der Waals surface area contributed by atoms with E-state index in [1.54, 1.807) is 24.2 Å². The van der Waals surface area contributed by atoms with Gasteiger partial charge in [0, 0.05) is 22.9 Å². The Morgan fingerprint density at radius 2 is 1.44 bits per heavy atom. The Morgan fingerprint density at radius 1 is 0.833 bits per heavy atom. The first-order chi connectivity index (χ1) is 8.81. The number of aromatic nitrogens is 2. The summed E-state index contributed by atoms with van der Waals surface area (Å²) >= 11 is 3.25. The van der Waals surface area contributed by atoms with Crippen LogP contribution in [0.25, 0.3) is 0 Å². The average molecular weight is 272 g/mol. The molecule has 0 bridgehead atoms. The molecule has 2 nitrogen and oxygen atoms in total. The van der Waals surface area contributed by atoms with E-state index >= 15 is 0 Å². The van der Waals surface area contributed by atoms with E-state index in [1.807, 2.05) is 18.4 Å². The largest absolute Gasteiger partial charge is 0.230 e. The Labute approximate surface area is 116 Å². The number of benzene rings is 1. The monoisotopic (exact) mass is 272 g/mol. The first-order valence-corrected chi connectivity index (χ1v) is 7.79. The van der Waals surface area contributed by atoms with Crippen molar-refractivity contribution in [1.82, 2.24) is 9.97 Å². The Hall–Kier alpha value is -1.44. The van der Waals surface area contributed by atoms with Crippen LogP contribution in [-0.4, -0.2) is 22.5 Å².